The second-order valence-electron chi connectivity index (χ2n) is 6.78. The van der Waals surface area contributed by atoms with E-state index < -0.39 is 23.5 Å². The van der Waals surface area contributed by atoms with E-state index >= 15 is 0 Å². The minimum absolute atomic E-state index is 0.0779. The molecule has 2 aromatic carbocycles. The number of alkyl halides is 6. The molecule has 3 rings (SSSR count). The van der Waals surface area contributed by atoms with Crippen molar-refractivity contribution in [3.05, 3.63) is 70.8 Å². The van der Waals surface area contributed by atoms with Gasteiger partial charge in [-0.3, -0.25) is 4.90 Å². The molecule has 1 atom stereocenters. The lowest BCUT2D eigenvalue weighted by Crippen LogP contribution is -2.32. The molecule has 0 aliphatic carbocycles. The number of nitrogens with zero attached hydrogens (tertiary/aromatic N) is 1. The second-order valence-corrected chi connectivity index (χ2v) is 6.78. The predicted molar refractivity (Wildman–Crippen MR) is 90.0 cm³/mol. The molecule has 146 valence electrons. The van der Waals surface area contributed by atoms with Gasteiger partial charge >= 0.3 is 12.4 Å². The summed E-state index contributed by atoms with van der Waals surface area (Å²) >= 11 is 0. The van der Waals surface area contributed by atoms with Crippen molar-refractivity contribution < 1.29 is 26.3 Å². The van der Waals surface area contributed by atoms with Gasteiger partial charge in [-0.05, 0) is 49.1 Å². The lowest BCUT2D eigenvalue weighted by molar-refractivity contribution is -0.139. The molecule has 0 saturated carbocycles. The van der Waals surface area contributed by atoms with Gasteiger partial charge in [0.25, 0.3) is 0 Å². The van der Waals surface area contributed by atoms with Crippen molar-refractivity contribution in [1.82, 2.24) is 4.90 Å². The maximum atomic E-state index is 13.2. The Kier molecular flexibility index (Phi) is 5.51. The van der Waals surface area contributed by atoms with Crippen molar-refractivity contribution in [2.24, 2.45) is 0 Å². The standard InChI is InChI=1S/C20H19F6N/c21-19(22,23)17-9-3-1-6-14(17)12-16-8-5-11-27(16)13-15-7-2-4-10-18(15)20(24,25)26/h1-4,6-7,9-10,16H,5,8,11-13H2. The van der Waals surface area contributed by atoms with Crippen LogP contribution >= 0.6 is 0 Å². The molecule has 0 spiro atoms. The highest BCUT2D eigenvalue weighted by Crippen LogP contribution is 2.36. The molecule has 7 heteroatoms. The summed E-state index contributed by atoms with van der Waals surface area (Å²) in [4.78, 5) is 1.86. The third-order valence-corrected chi connectivity index (χ3v) is 4.97. The lowest BCUT2D eigenvalue weighted by atomic mass is 9.98. The average molecular weight is 387 g/mol. The van der Waals surface area contributed by atoms with Crippen LogP contribution in [-0.4, -0.2) is 17.5 Å². The third-order valence-electron chi connectivity index (χ3n) is 4.97. The van der Waals surface area contributed by atoms with E-state index in [4.69, 9.17) is 0 Å². The number of hydrogen-bond donors (Lipinski definition) is 0. The Bertz CT molecular complexity index is 715. The summed E-state index contributed by atoms with van der Waals surface area (Å²) in [5.74, 6) is 0. The number of benzene rings is 2. The summed E-state index contributed by atoms with van der Waals surface area (Å²) in [7, 11) is 0. The van der Waals surface area contributed by atoms with Crippen LogP contribution in [0.2, 0.25) is 0 Å². The highest BCUT2D eigenvalue weighted by atomic mass is 19.4. The molecular weight excluding hydrogens is 368 g/mol. The number of rotatable bonds is 4. The quantitative estimate of drug-likeness (QED) is 0.588. The van der Waals surface area contributed by atoms with Gasteiger partial charge in [0.15, 0.2) is 0 Å². The van der Waals surface area contributed by atoms with E-state index in [1.807, 2.05) is 4.90 Å². The van der Waals surface area contributed by atoms with Gasteiger partial charge in [-0.15, -0.1) is 0 Å². The van der Waals surface area contributed by atoms with Gasteiger partial charge < -0.3 is 0 Å². The van der Waals surface area contributed by atoms with Crippen LogP contribution in [0.3, 0.4) is 0 Å². The van der Waals surface area contributed by atoms with Crippen molar-refractivity contribution in [3.8, 4) is 0 Å². The number of hydrogen-bond acceptors (Lipinski definition) is 1. The minimum atomic E-state index is -4.45. The van der Waals surface area contributed by atoms with E-state index in [2.05, 4.69) is 0 Å². The zero-order valence-electron chi connectivity index (χ0n) is 14.4. The van der Waals surface area contributed by atoms with Crippen molar-refractivity contribution >= 4 is 0 Å². The Morgan fingerprint density at radius 2 is 1.30 bits per heavy atom. The topological polar surface area (TPSA) is 3.24 Å². The Balaban J connectivity index is 1.81. The monoisotopic (exact) mass is 387 g/mol. The first-order chi connectivity index (χ1) is 12.7. The van der Waals surface area contributed by atoms with E-state index in [0.717, 1.165) is 18.6 Å². The Morgan fingerprint density at radius 1 is 0.778 bits per heavy atom. The van der Waals surface area contributed by atoms with Crippen LogP contribution in [0.4, 0.5) is 26.3 Å². The molecule has 1 aliphatic rings. The van der Waals surface area contributed by atoms with Gasteiger partial charge in [-0.25, -0.2) is 0 Å². The summed E-state index contributed by atoms with van der Waals surface area (Å²) in [6.45, 7) is 0.652. The lowest BCUT2D eigenvalue weighted by Gasteiger charge is -2.27. The highest BCUT2D eigenvalue weighted by molar-refractivity contribution is 5.32. The first-order valence-corrected chi connectivity index (χ1v) is 8.70. The molecule has 2 aromatic rings. The fraction of sp³-hybridized carbons (Fsp3) is 0.400. The maximum Gasteiger partial charge on any atom is 0.416 e. The Labute approximate surface area is 153 Å². The van der Waals surface area contributed by atoms with Gasteiger partial charge in [-0.2, -0.15) is 26.3 Å². The fourth-order valence-corrected chi connectivity index (χ4v) is 3.72. The van der Waals surface area contributed by atoms with Gasteiger partial charge in [0.2, 0.25) is 0 Å². The zero-order chi connectivity index (χ0) is 19.7. The highest BCUT2D eigenvalue weighted by Gasteiger charge is 2.36. The second kappa shape index (κ2) is 7.54. The molecule has 1 fully saturated rings. The average Bonchev–Trinajstić information content (AvgIpc) is 3.01. The molecule has 0 aromatic heterocycles. The summed E-state index contributed by atoms with van der Waals surface area (Å²) in [6, 6.07) is 10.6. The van der Waals surface area contributed by atoms with Crippen molar-refractivity contribution in [1.29, 1.82) is 0 Å². The minimum Gasteiger partial charge on any atom is -0.296 e. The van der Waals surface area contributed by atoms with Crippen molar-refractivity contribution in [2.45, 2.75) is 44.2 Å². The molecule has 1 nitrogen and oxygen atoms in total. The van der Waals surface area contributed by atoms with Gasteiger partial charge in [0.1, 0.15) is 0 Å². The molecule has 0 amide bonds. The van der Waals surface area contributed by atoms with Crippen LogP contribution < -0.4 is 0 Å². The van der Waals surface area contributed by atoms with Gasteiger partial charge in [-0.1, -0.05) is 36.4 Å². The predicted octanol–water partition coefficient (Wildman–Crippen LogP) is 5.93. The normalized spacial score (nSPS) is 18.8. The van der Waals surface area contributed by atoms with Crippen LogP contribution in [-0.2, 0) is 25.3 Å². The molecule has 0 radical (unpaired) electrons. The summed E-state index contributed by atoms with van der Waals surface area (Å²) in [5.41, 5.74) is -1.02. The molecule has 27 heavy (non-hydrogen) atoms. The van der Waals surface area contributed by atoms with E-state index in [1.54, 1.807) is 12.1 Å². The molecule has 1 aliphatic heterocycles. The summed E-state index contributed by atoms with van der Waals surface area (Å²) in [6.07, 6.45) is -7.30. The fourth-order valence-electron chi connectivity index (χ4n) is 3.72. The SMILES string of the molecule is FC(F)(F)c1ccccc1CC1CCCN1Cc1ccccc1C(F)(F)F. The molecule has 0 N–H and O–H groups in total. The molecule has 0 bridgehead atoms. The Morgan fingerprint density at radius 3 is 1.89 bits per heavy atom. The van der Waals surface area contributed by atoms with Crippen LogP contribution in [0.15, 0.2) is 48.5 Å². The number of likely N-dealkylation sites (tertiary alicyclic amines) is 1. The van der Waals surface area contributed by atoms with Crippen LogP contribution in [0.5, 0.6) is 0 Å². The maximum absolute atomic E-state index is 13.2. The molecular formula is C20H19F6N. The third kappa shape index (κ3) is 4.64. The number of halogens is 6. The largest absolute Gasteiger partial charge is 0.416 e. The van der Waals surface area contributed by atoms with Gasteiger partial charge in [0.05, 0.1) is 11.1 Å². The van der Waals surface area contributed by atoms with Crippen LogP contribution in [0, 0.1) is 0 Å². The molecule has 1 heterocycles. The van der Waals surface area contributed by atoms with E-state index in [0.29, 0.717) is 13.0 Å². The van der Waals surface area contributed by atoms with Crippen molar-refractivity contribution in [2.75, 3.05) is 6.54 Å². The van der Waals surface area contributed by atoms with E-state index in [1.165, 1.54) is 24.3 Å². The Hall–Kier alpha value is -2.02. The van der Waals surface area contributed by atoms with Crippen LogP contribution in [0.1, 0.15) is 35.1 Å². The van der Waals surface area contributed by atoms with E-state index in [-0.39, 0.29) is 30.1 Å². The first-order valence-electron chi connectivity index (χ1n) is 8.70. The zero-order valence-corrected chi connectivity index (χ0v) is 14.4. The summed E-state index contributed by atoms with van der Waals surface area (Å²) in [5, 5.41) is 0. The molecule has 1 saturated heterocycles. The smallest absolute Gasteiger partial charge is 0.296 e. The molecule has 1 unspecified atom stereocenters. The van der Waals surface area contributed by atoms with Crippen molar-refractivity contribution in [3.63, 3.8) is 0 Å². The van der Waals surface area contributed by atoms with Gasteiger partial charge in [0, 0.05) is 12.6 Å². The summed E-state index contributed by atoms with van der Waals surface area (Å²) < 4.78 is 79.3. The van der Waals surface area contributed by atoms with Crippen LogP contribution in [0.25, 0.3) is 0 Å². The first kappa shape index (κ1) is 19.7. The van der Waals surface area contributed by atoms with E-state index in [9.17, 15) is 26.3 Å².